The van der Waals surface area contributed by atoms with E-state index in [4.69, 9.17) is 11.6 Å². The van der Waals surface area contributed by atoms with Crippen LogP contribution in [0.4, 0.5) is 11.9 Å². The van der Waals surface area contributed by atoms with Gasteiger partial charge in [-0.2, -0.15) is 15.0 Å². The van der Waals surface area contributed by atoms with Gasteiger partial charge in [0.1, 0.15) is 0 Å². The third-order valence-electron chi connectivity index (χ3n) is 3.00. The summed E-state index contributed by atoms with van der Waals surface area (Å²) in [6.45, 7) is 8.85. The Morgan fingerprint density at radius 3 is 2.48 bits per heavy atom. The summed E-state index contributed by atoms with van der Waals surface area (Å²) in [7, 11) is 0. The van der Waals surface area contributed by atoms with E-state index in [1.165, 1.54) is 11.3 Å². The molecule has 5 nitrogen and oxygen atoms in total. The minimum Gasteiger partial charge on any atom is -0.354 e. The van der Waals surface area contributed by atoms with Gasteiger partial charge in [-0.25, -0.2) is 0 Å². The molecular formula is C14H20ClN5S. The van der Waals surface area contributed by atoms with E-state index in [2.05, 4.69) is 45.9 Å². The molecule has 0 saturated heterocycles. The van der Waals surface area contributed by atoms with Crippen molar-refractivity contribution in [2.24, 2.45) is 0 Å². The smallest absolute Gasteiger partial charge is 0.230 e. The van der Waals surface area contributed by atoms with Crippen LogP contribution in [0.25, 0.3) is 10.7 Å². The number of nitrogens with one attached hydrogen (secondary N) is 1. The molecule has 2 aromatic rings. The summed E-state index contributed by atoms with van der Waals surface area (Å²) in [6.07, 6.45) is 1.02. The molecule has 0 aliphatic heterocycles. The number of anilines is 2. The lowest BCUT2D eigenvalue weighted by atomic mass is 10.4. The lowest BCUT2D eigenvalue weighted by molar-refractivity contribution is 0.812. The number of rotatable bonds is 7. The molecule has 2 rings (SSSR count). The van der Waals surface area contributed by atoms with E-state index in [0.717, 1.165) is 35.3 Å². The minimum absolute atomic E-state index is 0.619. The summed E-state index contributed by atoms with van der Waals surface area (Å²) in [4.78, 5) is 16.7. The number of hydrogen-bond acceptors (Lipinski definition) is 6. The quantitative estimate of drug-likeness (QED) is 0.836. The maximum atomic E-state index is 6.01. The van der Waals surface area contributed by atoms with Gasteiger partial charge in [-0.05, 0) is 32.4 Å². The van der Waals surface area contributed by atoms with Crippen molar-refractivity contribution in [2.75, 3.05) is 29.9 Å². The molecule has 0 atom stereocenters. The fourth-order valence-electron chi connectivity index (χ4n) is 1.87. The number of aromatic nitrogens is 3. The normalized spacial score (nSPS) is 10.7. The largest absolute Gasteiger partial charge is 0.354 e. The van der Waals surface area contributed by atoms with Crippen LogP contribution in [-0.2, 0) is 0 Å². The van der Waals surface area contributed by atoms with Gasteiger partial charge in [0.25, 0.3) is 0 Å². The molecule has 0 aliphatic carbocycles. The second-order valence-corrected chi connectivity index (χ2v) is 6.20. The van der Waals surface area contributed by atoms with E-state index < -0.39 is 0 Å². The molecule has 0 unspecified atom stereocenters. The van der Waals surface area contributed by atoms with Crippen molar-refractivity contribution in [3.05, 3.63) is 16.5 Å². The van der Waals surface area contributed by atoms with Crippen molar-refractivity contribution in [2.45, 2.75) is 27.2 Å². The van der Waals surface area contributed by atoms with Gasteiger partial charge in [-0.15, -0.1) is 11.3 Å². The molecule has 0 aromatic carbocycles. The highest BCUT2D eigenvalue weighted by atomic mass is 35.5. The van der Waals surface area contributed by atoms with Crippen molar-refractivity contribution in [1.29, 1.82) is 0 Å². The van der Waals surface area contributed by atoms with E-state index in [0.29, 0.717) is 17.7 Å². The lowest BCUT2D eigenvalue weighted by Crippen LogP contribution is -2.25. The first kappa shape index (κ1) is 16.0. The Morgan fingerprint density at radius 1 is 1.14 bits per heavy atom. The summed E-state index contributed by atoms with van der Waals surface area (Å²) in [5.74, 6) is 1.99. The van der Waals surface area contributed by atoms with Crippen LogP contribution >= 0.6 is 22.9 Å². The van der Waals surface area contributed by atoms with Crippen LogP contribution in [0, 0.1) is 0 Å². The average molecular weight is 326 g/mol. The molecule has 7 heteroatoms. The minimum atomic E-state index is 0.619. The Kier molecular flexibility index (Phi) is 5.76. The van der Waals surface area contributed by atoms with Crippen LogP contribution in [0.5, 0.6) is 0 Å². The third-order valence-corrected chi connectivity index (χ3v) is 4.22. The van der Waals surface area contributed by atoms with Gasteiger partial charge in [0.05, 0.1) is 9.21 Å². The van der Waals surface area contributed by atoms with Gasteiger partial charge in [-0.3, -0.25) is 0 Å². The highest BCUT2D eigenvalue weighted by molar-refractivity contribution is 7.19. The summed E-state index contributed by atoms with van der Waals surface area (Å²) in [5.41, 5.74) is 0. The molecule has 21 heavy (non-hydrogen) atoms. The zero-order chi connectivity index (χ0) is 15.2. The number of hydrogen-bond donors (Lipinski definition) is 1. The van der Waals surface area contributed by atoms with Crippen LogP contribution in [0.3, 0.4) is 0 Å². The van der Waals surface area contributed by atoms with Crippen LogP contribution < -0.4 is 10.2 Å². The summed E-state index contributed by atoms with van der Waals surface area (Å²) >= 11 is 7.49. The first-order valence-corrected chi connectivity index (χ1v) is 8.37. The molecule has 0 fully saturated rings. The molecular weight excluding hydrogens is 306 g/mol. The van der Waals surface area contributed by atoms with Gasteiger partial charge in [0, 0.05) is 19.6 Å². The van der Waals surface area contributed by atoms with Crippen LogP contribution in [0.1, 0.15) is 27.2 Å². The maximum Gasteiger partial charge on any atom is 0.230 e. The highest BCUT2D eigenvalue weighted by Crippen LogP contribution is 2.30. The lowest BCUT2D eigenvalue weighted by Gasteiger charge is -2.19. The van der Waals surface area contributed by atoms with E-state index in [-0.39, 0.29) is 0 Å². The van der Waals surface area contributed by atoms with Crippen molar-refractivity contribution in [3.8, 4) is 10.7 Å². The molecule has 1 N–H and O–H groups in total. The van der Waals surface area contributed by atoms with Crippen molar-refractivity contribution >= 4 is 34.8 Å². The zero-order valence-corrected chi connectivity index (χ0v) is 14.1. The van der Waals surface area contributed by atoms with Gasteiger partial charge in [0.15, 0.2) is 5.82 Å². The van der Waals surface area contributed by atoms with Crippen molar-refractivity contribution < 1.29 is 0 Å². The Morgan fingerprint density at radius 2 is 1.90 bits per heavy atom. The maximum absolute atomic E-state index is 6.01. The number of thiophene rings is 1. The van der Waals surface area contributed by atoms with Crippen LogP contribution in [-0.4, -0.2) is 34.6 Å². The second-order valence-electron chi connectivity index (χ2n) is 4.49. The number of halogens is 1. The van der Waals surface area contributed by atoms with E-state index in [1.54, 1.807) is 0 Å². The predicted molar refractivity (Wildman–Crippen MR) is 90.5 cm³/mol. The fourth-order valence-corrected chi connectivity index (χ4v) is 2.85. The molecule has 2 aromatic heterocycles. The van der Waals surface area contributed by atoms with E-state index in [1.807, 2.05) is 12.1 Å². The molecule has 0 bridgehead atoms. The standard InChI is InChI=1S/C14H20ClN5S/c1-4-9-16-13-17-12(10-7-8-11(15)21-10)18-14(19-13)20(5-2)6-3/h7-8H,4-6,9H2,1-3H3,(H,16,17,18,19). The summed E-state index contributed by atoms with van der Waals surface area (Å²) in [6, 6.07) is 3.81. The Bertz CT molecular complexity index is 582. The second kappa shape index (κ2) is 7.56. The van der Waals surface area contributed by atoms with Gasteiger partial charge in [-0.1, -0.05) is 18.5 Å². The topological polar surface area (TPSA) is 53.9 Å². The summed E-state index contributed by atoms with van der Waals surface area (Å²) < 4.78 is 0.734. The monoisotopic (exact) mass is 325 g/mol. The molecule has 2 heterocycles. The average Bonchev–Trinajstić information content (AvgIpc) is 2.93. The third kappa shape index (κ3) is 4.04. The molecule has 0 saturated carbocycles. The highest BCUT2D eigenvalue weighted by Gasteiger charge is 2.13. The predicted octanol–water partition coefficient (Wildman–Crippen LogP) is 3.92. The van der Waals surface area contributed by atoms with Crippen molar-refractivity contribution in [1.82, 2.24) is 15.0 Å². The molecule has 0 amide bonds. The SMILES string of the molecule is CCCNc1nc(-c2ccc(Cl)s2)nc(N(CC)CC)n1. The Labute approximate surface area is 134 Å². The Balaban J connectivity index is 2.41. The first-order chi connectivity index (χ1) is 10.2. The molecule has 0 spiro atoms. The van der Waals surface area contributed by atoms with Gasteiger partial charge >= 0.3 is 0 Å². The van der Waals surface area contributed by atoms with E-state index in [9.17, 15) is 0 Å². The number of nitrogens with zero attached hydrogens (tertiary/aromatic N) is 4. The molecule has 0 aliphatic rings. The van der Waals surface area contributed by atoms with Gasteiger partial charge < -0.3 is 10.2 Å². The van der Waals surface area contributed by atoms with Crippen molar-refractivity contribution in [3.63, 3.8) is 0 Å². The van der Waals surface area contributed by atoms with Gasteiger partial charge in [0.2, 0.25) is 11.9 Å². The van der Waals surface area contributed by atoms with E-state index >= 15 is 0 Å². The molecule has 114 valence electrons. The fraction of sp³-hybridized carbons (Fsp3) is 0.500. The Hall–Kier alpha value is -1.40. The van der Waals surface area contributed by atoms with Crippen LogP contribution in [0.2, 0.25) is 4.34 Å². The molecule has 0 radical (unpaired) electrons. The summed E-state index contributed by atoms with van der Waals surface area (Å²) in [5, 5.41) is 3.24. The zero-order valence-electron chi connectivity index (χ0n) is 12.6. The first-order valence-electron chi connectivity index (χ1n) is 7.18. The van der Waals surface area contributed by atoms with Crippen LogP contribution in [0.15, 0.2) is 12.1 Å².